The number of fused-ring (bicyclic) bond motifs is 1. The van der Waals surface area contributed by atoms with Crippen LogP contribution in [0.15, 0.2) is 53.3 Å². The van der Waals surface area contributed by atoms with Gasteiger partial charge in [0.15, 0.2) is 0 Å². The highest BCUT2D eigenvalue weighted by atomic mass is 35.5. The average molecular weight is 369 g/mol. The van der Waals surface area contributed by atoms with Crippen LogP contribution in [0, 0.1) is 6.92 Å². The summed E-state index contributed by atoms with van der Waals surface area (Å²) in [6, 6.07) is 15.4. The van der Waals surface area contributed by atoms with E-state index in [1.807, 2.05) is 55.5 Å². The molecule has 1 amide bonds. The first-order valence-corrected chi connectivity index (χ1v) is 9.03. The molecule has 0 aliphatic heterocycles. The van der Waals surface area contributed by atoms with E-state index >= 15 is 0 Å². The van der Waals surface area contributed by atoms with Crippen molar-refractivity contribution < 1.29 is 4.79 Å². The number of halogens is 1. The molecule has 4 nitrogen and oxygen atoms in total. The van der Waals surface area contributed by atoms with Crippen LogP contribution in [-0.2, 0) is 17.6 Å². The van der Waals surface area contributed by atoms with E-state index in [-0.39, 0.29) is 17.9 Å². The summed E-state index contributed by atoms with van der Waals surface area (Å²) in [6.45, 7) is 2.56. The summed E-state index contributed by atoms with van der Waals surface area (Å²) in [7, 11) is 0. The summed E-state index contributed by atoms with van der Waals surface area (Å²) in [5.74, 6) is -0.0595. The van der Waals surface area contributed by atoms with Crippen molar-refractivity contribution in [2.24, 2.45) is 0 Å². The molecule has 0 bridgehead atoms. The van der Waals surface area contributed by atoms with Crippen LogP contribution < -0.4 is 10.9 Å². The summed E-state index contributed by atoms with van der Waals surface area (Å²) in [4.78, 5) is 27.1. The number of aromatic amines is 1. The third kappa shape index (κ3) is 4.73. The zero-order valence-corrected chi connectivity index (χ0v) is 15.4. The second-order valence-electron chi connectivity index (χ2n) is 6.44. The van der Waals surface area contributed by atoms with Gasteiger partial charge in [-0.05, 0) is 61.0 Å². The van der Waals surface area contributed by atoms with Gasteiger partial charge in [-0.25, -0.2) is 0 Å². The average Bonchev–Trinajstić information content (AvgIpc) is 2.60. The van der Waals surface area contributed by atoms with E-state index in [9.17, 15) is 9.59 Å². The smallest absolute Gasteiger partial charge is 0.251 e. The molecule has 0 aliphatic carbocycles. The summed E-state index contributed by atoms with van der Waals surface area (Å²) < 4.78 is 0. The number of carbonyl (C=O) groups is 1. The Labute approximate surface area is 157 Å². The largest absolute Gasteiger partial charge is 0.356 e. The Morgan fingerprint density at radius 3 is 2.77 bits per heavy atom. The Hall–Kier alpha value is -2.59. The predicted molar refractivity (Wildman–Crippen MR) is 106 cm³/mol. The monoisotopic (exact) mass is 368 g/mol. The fourth-order valence-corrected chi connectivity index (χ4v) is 3.15. The molecule has 3 aromatic rings. The molecule has 0 spiro atoms. The first-order chi connectivity index (χ1) is 12.5. The lowest BCUT2D eigenvalue weighted by Gasteiger charge is -2.07. The Morgan fingerprint density at radius 2 is 1.96 bits per heavy atom. The number of H-pyrrole nitrogens is 1. The molecule has 0 aliphatic rings. The number of carbonyl (C=O) groups excluding carboxylic acids is 1. The number of aromatic nitrogens is 1. The maximum atomic E-state index is 12.2. The Kier molecular flexibility index (Phi) is 5.74. The number of pyridine rings is 1. The van der Waals surface area contributed by atoms with Gasteiger partial charge >= 0.3 is 0 Å². The topological polar surface area (TPSA) is 62.0 Å². The third-order valence-electron chi connectivity index (χ3n) is 4.32. The minimum atomic E-state index is -0.131. The van der Waals surface area contributed by atoms with Gasteiger partial charge in [-0.15, -0.1) is 0 Å². The van der Waals surface area contributed by atoms with Crippen molar-refractivity contribution in [3.8, 4) is 0 Å². The van der Waals surface area contributed by atoms with E-state index in [0.717, 1.165) is 28.5 Å². The SMILES string of the molecule is Cc1ccc2[nH]c(=O)c(CCC(=O)NCCc3cccc(Cl)c3)cc2c1. The predicted octanol–water partition coefficient (Wildman–Crippen LogP) is 3.78. The first kappa shape index (κ1) is 18.2. The maximum absolute atomic E-state index is 12.2. The van der Waals surface area contributed by atoms with Crippen LogP contribution in [0.25, 0.3) is 10.9 Å². The molecule has 1 aromatic heterocycles. The van der Waals surface area contributed by atoms with E-state index in [0.29, 0.717) is 23.6 Å². The molecule has 3 rings (SSSR count). The normalized spacial score (nSPS) is 10.8. The van der Waals surface area contributed by atoms with Gasteiger partial charge in [-0.1, -0.05) is 35.4 Å². The van der Waals surface area contributed by atoms with Crippen LogP contribution in [0.4, 0.5) is 0 Å². The molecule has 26 heavy (non-hydrogen) atoms. The van der Waals surface area contributed by atoms with Gasteiger partial charge in [0.05, 0.1) is 0 Å². The zero-order chi connectivity index (χ0) is 18.5. The molecule has 0 atom stereocenters. The summed E-state index contributed by atoms with van der Waals surface area (Å²) in [5.41, 5.74) is 3.53. The van der Waals surface area contributed by atoms with Crippen molar-refractivity contribution in [3.63, 3.8) is 0 Å². The van der Waals surface area contributed by atoms with E-state index in [1.54, 1.807) is 0 Å². The molecule has 5 heteroatoms. The highest BCUT2D eigenvalue weighted by Gasteiger charge is 2.07. The van der Waals surface area contributed by atoms with Crippen LogP contribution in [0.2, 0.25) is 5.02 Å². The van der Waals surface area contributed by atoms with E-state index in [1.165, 1.54) is 0 Å². The molecule has 0 saturated heterocycles. The van der Waals surface area contributed by atoms with Crippen LogP contribution in [0.3, 0.4) is 0 Å². The number of hydrogen-bond acceptors (Lipinski definition) is 2. The molecule has 0 radical (unpaired) electrons. The fourth-order valence-electron chi connectivity index (χ4n) is 2.93. The van der Waals surface area contributed by atoms with E-state index in [2.05, 4.69) is 10.3 Å². The number of benzene rings is 2. The van der Waals surface area contributed by atoms with Gasteiger partial charge in [-0.3, -0.25) is 9.59 Å². The van der Waals surface area contributed by atoms with Crippen LogP contribution in [-0.4, -0.2) is 17.4 Å². The molecule has 0 unspecified atom stereocenters. The first-order valence-electron chi connectivity index (χ1n) is 8.65. The molecule has 2 N–H and O–H groups in total. The van der Waals surface area contributed by atoms with Gasteiger partial charge in [-0.2, -0.15) is 0 Å². The fraction of sp³-hybridized carbons (Fsp3) is 0.238. The van der Waals surface area contributed by atoms with E-state index < -0.39 is 0 Å². The number of nitrogens with one attached hydrogen (secondary N) is 2. The van der Waals surface area contributed by atoms with E-state index in [4.69, 9.17) is 11.6 Å². The standard InChI is InChI=1S/C21H21ClN2O2/c1-14-5-7-19-17(11-14)13-16(21(26)24-19)6-8-20(25)23-10-9-15-3-2-4-18(22)12-15/h2-5,7,11-13H,6,8-10H2,1H3,(H,23,25)(H,24,26). The van der Waals surface area contributed by atoms with Gasteiger partial charge in [0.25, 0.3) is 5.56 Å². The van der Waals surface area contributed by atoms with Crippen molar-refractivity contribution in [2.75, 3.05) is 6.54 Å². The van der Waals surface area contributed by atoms with Crippen LogP contribution in [0.5, 0.6) is 0 Å². The lowest BCUT2D eigenvalue weighted by Crippen LogP contribution is -2.26. The summed E-state index contributed by atoms with van der Waals surface area (Å²) in [6.07, 6.45) is 1.43. The van der Waals surface area contributed by atoms with Gasteiger partial charge in [0, 0.05) is 29.1 Å². The Bertz CT molecular complexity index is 995. The number of rotatable bonds is 6. The number of amides is 1. The number of aryl methyl sites for hydroxylation is 2. The van der Waals surface area contributed by atoms with Gasteiger partial charge < -0.3 is 10.3 Å². The highest BCUT2D eigenvalue weighted by molar-refractivity contribution is 6.30. The van der Waals surface area contributed by atoms with Gasteiger partial charge in [0.1, 0.15) is 0 Å². The highest BCUT2D eigenvalue weighted by Crippen LogP contribution is 2.14. The van der Waals surface area contributed by atoms with Crippen molar-refractivity contribution >= 4 is 28.4 Å². The molecular weight excluding hydrogens is 348 g/mol. The quantitative estimate of drug-likeness (QED) is 0.695. The molecule has 1 heterocycles. The summed E-state index contributed by atoms with van der Waals surface area (Å²) >= 11 is 5.95. The maximum Gasteiger partial charge on any atom is 0.251 e. The second-order valence-corrected chi connectivity index (χ2v) is 6.88. The second kappa shape index (κ2) is 8.19. The van der Waals surface area contributed by atoms with Gasteiger partial charge in [0.2, 0.25) is 5.91 Å². The lowest BCUT2D eigenvalue weighted by molar-refractivity contribution is -0.121. The minimum absolute atomic E-state index is 0.0595. The Balaban J connectivity index is 1.55. The third-order valence-corrected chi connectivity index (χ3v) is 4.56. The van der Waals surface area contributed by atoms with Crippen molar-refractivity contribution in [2.45, 2.75) is 26.2 Å². The van der Waals surface area contributed by atoms with Crippen molar-refractivity contribution in [1.29, 1.82) is 0 Å². The molecule has 134 valence electrons. The summed E-state index contributed by atoms with van der Waals surface area (Å²) in [5, 5.41) is 4.57. The van der Waals surface area contributed by atoms with Crippen LogP contribution >= 0.6 is 11.6 Å². The van der Waals surface area contributed by atoms with Crippen LogP contribution in [0.1, 0.15) is 23.1 Å². The van der Waals surface area contributed by atoms with Crippen molar-refractivity contribution in [1.82, 2.24) is 10.3 Å². The molecular formula is C21H21ClN2O2. The minimum Gasteiger partial charge on any atom is -0.356 e. The van der Waals surface area contributed by atoms with Crippen molar-refractivity contribution in [3.05, 3.63) is 80.6 Å². The number of hydrogen-bond donors (Lipinski definition) is 2. The molecule has 2 aromatic carbocycles. The zero-order valence-electron chi connectivity index (χ0n) is 14.6. The lowest BCUT2D eigenvalue weighted by atomic mass is 10.1. The Morgan fingerprint density at radius 1 is 1.12 bits per heavy atom. The molecule has 0 fully saturated rings. The molecule has 0 saturated carbocycles.